The first-order chi connectivity index (χ1) is 12.6. The minimum Gasteiger partial charge on any atom is -0.300 e. The smallest absolute Gasteiger partial charge is 0.267 e. The van der Waals surface area contributed by atoms with Crippen LogP contribution in [-0.4, -0.2) is 27.0 Å². The number of rotatable bonds is 8. The van der Waals surface area contributed by atoms with Crippen molar-refractivity contribution < 1.29 is 9.59 Å². The van der Waals surface area contributed by atoms with Crippen molar-refractivity contribution >= 4 is 56.1 Å². The average molecular weight is 408 g/mol. The highest BCUT2D eigenvalue weighted by Crippen LogP contribution is 2.20. The number of amides is 2. The van der Waals surface area contributed by atoms with Crippen LogP contribution in [0.25, 0.3) is 0 Å². The maximum Gasteiger partial charge on any atom is 0.267 e. The van der Waals surface area contributed by atoms with E-state index in [2.05, 4.69) is 32.7 Å². The van der Waals surface area contributed by atoms with E-state index in [9.17, 15) is 9.59 Å². The first-order valence-electron chi connectivity index (χ1n) is 8.05. The third-order valence-electron chi connectivity index (χ3n) is 3.32. The van der Waals surface area contributed by atoms with Crippen LogP contribution in [0.3, 0.4) is 0 Å². The average Bonchev–Trinajstić information content (AvgIpc) is 3.35. The Morgan fingerprint density at radius 2 is 2.04 bits per heavy atom. The lowest BCUT2D eigenvalue weighted by Gasteiger charge is -1.99. The van der Waals surface area contributed by atoms with Crippen LogP contribution in [0.1, 0.15) is 40.1 Å². The Hall–Kier alpha value is -2.17. The van der Waals surface area contributed by atoms with Crippen LogP contribution in [0.4, 0.5) is 10.3 Å². The number of thiazole rings is 1. The van der Waals surface area contributed by atoms with Crippen LogP contribution in [-0.2, 0) is 17.6 Å². The molecule has 136 valence electrons. The Balaban J connectivity index is 1.51. The highest BCUT2D eigenvalue weighted by Gasteiger charge is 2.13. The summed E-state index contributed by atoms with van der Waals surface area (Å²) in [5.74, 6) is -0.400. The zero-order valence-corrected chi connectivity index (χ0v) is 16.5. The molecule has 0 aliphatic heterocycles. The Bertz CT molecular complexity index is 872. The fourth-order valence-corrected chi connectivity index (χ4v) is 4.20. The molecular weight excluding hydrogens is 390 g/mol. The van der Waals surface area contributed by atoms with Gasteiger partial charge in [-0.3, -0.25) is 14.9 Å². The van der Waals surface area contributed by atoms with E-state index in [1.807, 2.05) is 11.4 Å². The first kappa shape index (κ1) is 18.6. The number of hydrogen-bond acceptors (Lipinski definition) is 8. The molecule has 0 spiro atoms. The fraction of sp³-hybridized carbons (Fsp3) is 0.312. The maximum atomic E-state index is 12.1. The van der Waals surface area contributed by atoms with Gasteiger partial charge in [0.2, 0.25) is 11.0 Å². The molecule has 0 aliphatic rings. The summed E-state index contributed by atoms with van der Waals surface area (Å²) in [4.78, 5) is 29.0. The summed E-state index contributed by atoms with van der Waals surface area (Å²) in [7, 11) is 0. The molecule has 3 aromatic rings. The van der Waals surface area contributed by atoms with Crippen molar-refractivity contribution in [3.8, 4) is 0 Å². The molecule has 3 rings (SSSR count). The number of carbonyl (C=O) groups is 2. The summed E-state index contributed by atoms with van der Waals surface area (Å²) in [6.45, 7) is 2.12. The van der Waals surface area contributed by atoms with Crippen LogP contribution in [0.5, 0.6) is 0 Å². The highest BCUT2D eigenvalue weighted by atomic mass is 32.1. The number of nitrogens with one attached hydrogen (secondary N) is 2. The lowest BCUT2D eigenvalue weighted by atomic mass is 10.3. The topological polar surface area (TPSA) is 96.9 Å². The quantitative estimate of drug-likeness (QED) is 0.591. The largest absolute Gasteiger partial charge is 0.300 e. The summed E-state index contributed by atoms with van der Waals surface area (Å²) in [5.41, 5.74) is 0.602. The van der Waals surface area contributed by atoms with E-state index < -0.39 is 0 Å². The standard InChI is InChI=1S/C16H17N5O2S3/c1-2-3-6-13-20-21-16(26-13)18-12(22)8-10-9-25-15(17-10)19-14(23)11-5-4-7-24-11/h4-5,7,9H,2-3,6,8H2,1H3,(H,17,19,23)(H,18,21,22). The zero-order chi connectivity index (χ0) is 18.4. The Morgan fingerprint density at radius 3 is 2.81 bits per heavy atom. The number of anilines is 2. The summed E-state index contributed by atoms with van der Waals surface area (Å²) >= 11 is 4.05. The second-order valence-electron chi connectivity index (χ2n) is 5.40. The SMILES string of the molecule is CCCCc1nnc(NC(=O)Cc2csc(NC(=O)c3cccs3)n2)s1. The van der Waals surface area contributed by atoms with Gasteiger partial charge in [0, 0.05) is 11.8 Å². The van der Waals surface area contributed by atoms with Crippen molar-refractivity contribution in [3.63, 3.8) is 0 Å². The number of unbranched alkanes of at least 4 members (excludes halogenated alkanes) is 1. The van der Waals surface area contributed by atoms with Gasteiger partial charge in [-0.15, -0.1) is 32.9 Å². The molecule has 3 heterocycles. The van der Waals surface area contributed by atoms with Crippen LogP contribution < -0.4 is 10.6 Å². The minimum absolute atomic E-state index is 0.120. The molecule has 0 aliphatic carbocycles. The third kappa shape index (κ3) is 5.16. The number of aryl methyl sites for hydroxylation is 1. The van der Waals surface area contributed by atoms with E-state index in [-0.39, 0.29) is 18.2 Å². The van der Waals surface area contributed by atoms with Crippen molar-refractivity contribution in [2.75, 3.05) is 10.6 Å². The number of nitrogens with zero attached hydrogens (tertiary/aromatic N) is 3. The number of thiophene rings is 1. The van der Waals surface area contributed by atoms with Crippen molar-refractivity contribution in [2.45, 2.75) is 32.6 Å². The molecular formula is C16H17N5O2S3. The molecule has 0 aromatic carbocycles. The van der Waals surface area contributed by atoms with Gasteiger partial charge < -0.3 is 5.32 Å². The maximum absolute atomic E-state index is 12.1. The van der Waals surface area contributed by atoms with Crippen LogP contribution in [0.15, 0.2) is 22.9 Å². The van der Waals surface area contributed by atoms with Crippen molar-refractivity contribution in [1.29, 1.82) is 0 Å². The summed E-state index contributed by atoms with van der Waals surface area (Å²) in [6.07, 6.45) is 3.15. The van der Waals surface area contributed by atoms with Crippen molar-refractivity contribution in [3.05, 3.63) is 38.5 Å². The van der Waals surface area contributed by atoms with Gasteiger partial charge in [0.15, 0.2) is 5.13 Å². The Kier molecular flexibility index (Phi) is 6.42. The normalized spacial score (nSPS) is 10.7. The van der Waals surface area contributed by atoms with Gasteiger partial charge in [0.1, 0.15) is 5.01 Å². The van der Waals surface area contributed by atoms with Gasteiger partial charge in [-0.2, -0.15) is 0 Å². The van der Waals surface area contributed by atoms with Crippen LogP contribution >= 0.6 is 34.0 Å². The number of aromatic nitrogens is 3. The molecule has 10 heteroatoms. The van der Waals surface area contributed by atoms with Crippen LogP contribution in [0.2, 0.25) is 0 Å². The van der Waals surface area contributed by atoms with Gasteiger partial charge in [0.25, 0.3) is 5.91 Å². The first-order valence-corrected chi connectivity index (χ1v) is 10.6. The molecule has 2 N–H and O–H groups in total. The molecule has 0 saturated carbocycles. The number of carbonyl (C=O) groups excluding carboxylic acids is 2. The van der Waals surface area contributed by atoms with Gasteiger partial charge in [-0.05, 0) is 17.9 Å². The second kappa shape index (κ2) is 8.97. The monoisotopic (exact) mass is 407 g/mol. The Morgan fingerprint density at radius 1 is 1.15 bits per heavy atom. The van der Waals surface area contributed by atoms with E-state index in [1.165, 1.54) is 34.0 Å². The van der Waals surface area contributed by atoms with Gasteiger partial charge in [0.05, 0.1) is 17.0 Å². The summed E-state index contributed by atoms with van der Waals surface area (Å²) in [5, 5.41) is 19.0. The number of hydrogen-bond donors (Lipinski definition) is 2. The zero-order valence-electron chi connectivity index (χ0n) is 14.0. The van der Waals surface area contributed by atoms with E-state index in [0.717, 1.165) is 24.3 Å². The lowest BCUT2D eigenvalue weighted by Crippen LogP contribution is -2.15. The molecule has 0 saturated heterocycles. The highest BCUT2D eigenvalue weighted by molar-refractivity contribution is 7.15. The molecule has 0 unspecified atom stereocenters. The fourth-order valence-electron chi connectivity index (χ4n) is 2.07. The van der Waals surface area contributed by atoms with E-state index in [1.54, 1.807) is 11.4 Å². The van der Waals surface area contributed by atoms with Crippen molar-refractivity contribution in [2.24, 2.45) is 0 Å². The Labute approximate surface area is 162 Å². The van der Waals surface area contributed by atoms with Crippen molar-refractivity contribution in [1.82, 2.24) is 15.2 Å². The summed E-state index contributed by atoms with van der Waals surface area (Å²) in [6, 6.07) is 3.57. The summed E-state index contributed by atoms with van der Waals surface area (Å²) < 4.78 is 0. The van der Waals surface area contributed by atoms with Gasteiger partial charge in [-0.1, -0.05) is 30.7 Å². The van der Waals surface area contributed by atoms with E-state index in [0.29, 0.717) is 20.8 Å². The lowest BCUT2D eigenvalue weighted by molar-refractivity contribution is -0.115. The molecule has 3 aromatic heterocycles. The predicted molar refractivity (Wildman–Crippen MR) is 105 cm³/mol. The minimum atomic E-state index is -0.204. The van der Waals surface area contributed by atoms with E-state index >= 15 is 0 Å². The van der Waals surface area contributed by atoms with Gasteiger partial charge >= 0.3 is 0 Å². The predicted octanol–water partition coefficient (Wildman–Crippen LogP) is 3.83. The van der Waals surface area contributed by atoms with E-state index in [4.69, 9.17) is 0 Å². The molecule has 0 fully saturated rings. The molecule has 0 atom stereocenters. The van der Waals surface area contributed by atoms with Gasteiger partial charge in [-0.25, -0.2) is 4.98 Å². The third-order valence-corrected chi connectivity index (χ3v) is 5.89. The molecule has 26 heavy (non-hydrogen) atoms. The molecule has 2 amide bonds. The second-order valence-corrected chi connectivity index (χ2v) is 8.27. The molecule has 7 nitrogen and oxygen atoms in total. The molecule has 0 radical (unpaired) electrons. The molecule has 0 bridgehead atoms. The van der Waals surface area contributed by atoms with Crippen LogP contribution in [0, 0.1) is 0 Å².